The Kier molecular flexibility index (Phi) is 10.8. The van der Waals surface area contributed by atoms with Crippen molar-refractivity contribution in [2.24, 2.45) is 5.92 Å². The van der Waals surface area contributed by atoms with Crippen molar-refractivity contribution in [1.82, 2.24) is 10.2 Å². The molecule has 2 atom stereocenters. The normalized spacial score (nSPS) is 17.3. The van der Waals surface area contributed by atoms with Crippen molar-refractivity contribution in [3.05, 3.63) is 53.6 Å². The minimum atomic E-state index is -0.0344. The van der Waals surface area contributed by atoms with Gasteiger partial charge in [0, 0.05) is 57.3 Å². The van der Waals surface area contributed by atoms with Crippen molar-refractivity contribution in [1.29, 1.82) is 0 Å². The minimum Gasteiger partial charge on any atom is -0.497 e. The zero-order valence-corrected chi connectivity index (χ0v) is 22.1. The number of hydrogen-bond donors (Lipinski definition) is 1. The molecule has 1 amide bonds. The SMILES string of the molecule is COCCCOc1cc(C(=O)N(C[C@@H]2CNC[C@H]2OCc2cccc(OC)c2)C(C)C)ccc1OC. The molecule has 1 saturated heterocycles. The molecule has 36 heavy (non-hydrogen) atoms. The van der Waals surface area contributed by atoms with Gasteiger partial charge in [0.15, 0.2) is 11.5 Å². The number of methoxy groups -OCH3 is 3. The molecule has 0 bridgehead atoms. The Bertz CT molecular complexity index is 967. The first kappa shape index (κ1) is 27.8. The standard InChI is InChI=1S/C28H40N2O6/c1-20(2)30(28(31)22-10-11-25(34-5)26(15-22)35-13-7-12-32-3)18-23-16-29-17-27(23)36-19-21-8-6-9-24(14-21)33-4/h6,8-11,14-15,20,23,27,29H,7,12-13,16-19H2,1-5H3/t23-,27+/m0/s1. The van der Waals surface area contributed by atoms with Crippen LogP contribution in [0.3, 0.4) is 0 Å². The van der Waals surface area contributed by atoms with Crippen molar-refractivity contribution in [3.8, 4) is 17.2 Å². The molecule has 1 aliphatic heterocycles. The molecule has 2 aromatic carbocycles. The molecule has 3 rings (SSSR count). The molecule has 1 N–H and O–H groups in total. The van der Waals surface area contributed by atoms with E-state index in [-0.39, 0.29) is 24.0 Å². The van der Waals surface area contributed by atoms with Gasteiger partial charge in [0.05, 0.1) is 33.5 Å². The monoisotopic (exact) mass is 500 g/mol. The van der Waals surface area contributed by atoms with E-state index in [2.05, 4.69) is 5.32 Å². The van der Waals surface area contributed by atoms with Gasteiger partial charge >= 0.3 is 0 Å². The molecule has 0 unspecified atom stereocenters. The van der Waals surface area contributed by atoms with Crippen LogP contribution in [0, 0.1) is 5.92 Å². The Morgan fingerprint density at radius 3 is 2.58 bits per heavy atom. The molecule has 0 radical (unpaired) electrons. The van der Waals surface area contributed by atoms with Gasteiger partial charge in [0.2, 0.25) is 0 Å². The summed E-state index contributed by atoms with van der Waals surface area (Å²) < 4.78 is 28.0. The van der Waals surface area contributed by atoms with E-state index in [0.29, 0.717) is 43.4 Å². The van der Waals surface area contributed by atoms with Gasteiger partial charge in [0.1, 0.15) is 5.75 Å². The maximum Gasteiger partial charge on any atom is 0.254 e. The number of nitrogens with zero attached hydrogens (tertiary/aromatic N) is 1. The van der Waals surface area contributed by atoms with E-state index >= 15 is 0 Å². The van der Waals surface area contributed by atoms with E-state index in [1.54, 1.807) is 39.5 Å². The van der Waals surface area contributed by atoms with Gasteiger partial charge in [-0.05, 0) is 49.7 Å². The smallest absolute Gasteiger partial charge is 0.254 e. The first-order chi connectivity index (χ1) is 17.5. The Hall–Kier alpha value is -2.81. The average molecular weight is 501 g/mol. The zero-order valence-electron chi connectivity index (χ0n) is 22.1. The Morgan fingerprint density at radius 1 is 1.03 bits per heavy atom. The minimum absolute atomic E-state index is 0.0146. The Morgan fingerprint density at radius 2 is 1.86 bits per heavy atom. The second kappa shape index (κ2) is 14.1. The van der Waals surface area contributed by atoms with Crippen molar-refractivity contribution in [2.75, 3.05) is 54.2 Å². The fraction of sp³-hybridized carbons (Fsp3) is 0.536. The molecule has 0 saturated carbocycles. The highest BCUT2D eigenvalue weighted by molar-refractivity contribution is 5.95. The quantitative estimate of drug-likeness (QED) is 0.396. The van der Waals surface area contributed by atoms with Crippen LogP contribution < -0.4 is 19.5 Å². The van der Waals surface area contributed by atoms with Gasteiger partial charge in [0.25, 0.3) is 5.91 Å². The van der Waals surface area contributed by atoms with Gasteiger partial charge in [-0.1, -0.05) is 12.1 Å². The molecule has 1 heterocycles. The number of benzene rings is 2. The molecular weight excluding hydrogens is 460 g/mol. The van der Waals surface area contributed by atoms with E-state index in [9.17, 15) is 4.79 Å². The summed E-state index contributed by atoms with van der Waals surface area (Å²) in [5.74, 6) is 2.13. The molecule has 0 aliphatic carbocycles. The first-order valence-electron chi connectivity index (χ1n) is 12.5. The second-order valence-electron chi connectivity index (χ2n) is 9.23. The molecule has 198 valence electrons. The van der Waals surface area contributed by atoms with E-state index in [4.69, 9.17) is 23.7 Å². The molecule has 8 heteroatoms. The largest absolute Gasteiger partial charge is 0.497 e. The first-order valence-corrected chi connectivity index (χ1v) is 12.5. The summed E-state index contributed by atoms with van der Waals surface area (Å²) in [7, 11) is 4.92. The van der Waals surface area contributed by atoms with Crippen LogP contribution in [-0.2, 0) is 16.1 Å². The van der Waals surface area contributed by atoms with Crippen LogP contribution in [0.5, 0.6) is 17.2 Å². The Labute approximate surface area is 214 Å². The van der Waals surface area contributed by atoms with Crippen LogP contribution >= 0.6 is 0 Å². The predicted octanol–water partition coefficient (Wildman–Crippen LogP) is 3.77. The van der Waals surface area contributed by atoms with Crippen molar-refractivity contribution >= 4 is 5.91 Å². The summed E-state index contributed by atoms with van der Waals surface area (Å²) in [5.41, 5.74) is 1.64. The lowest BCUT2D eigenvalue weighted by Crippen LogP contribution is -2.43. The van der Waals surface area contributed by atoms with E-state index in [1.807, 2.05) is 43.0 Å². The van der Waals surface area contributed by atoms with Crippen LogP contribution in [0.2, 0.25) is 0 Å². The fourth-order valence-corrected chi connectivity index (χ4v) is 4.31. The highest BCUT2D eigenvalue weighted by atomic mass is 16.5. The third kappa shape index (κ3) is 7.59. The van der Waals surface area contributed by atoms with Gasteiger partial charge < -0.3 is 33.9 Å². The zero-order chi connectivity index (χ0) is 25.9. The summed E-state index contributed by atoms with van der Waals surface area (Å²) in [6.07, 6.45) is 0.766. The third-order valence-electron chi connectivity index (χ3n) is 6.35. The molecular formula is C28H40N2O6. The topological polar surface area (TPSA) is 78.5 Å². The molecule has 0 aromatic heterocycles. The fourth-order valence-electron chi connectivity index (χ4n) is 4.31. The Balaban J connectivity index is 1.67. The van der Waals surface area contributed by atoms with Crippen molar-refractivity contribution in [3.63, 3.8) is 0 Å². The molecule has 8 nitrogen and oxygen atoms in total. The maximum absolute atomic E-state index is 13.6. The lowest BCUT2D eigenvalue weighted by Gasteiger charge is -2.31. The van der Waals surface area contributed by atoms with Crippen LogP contribution in [0.4, 0.5) is 0 Å². The van der Waals surface area contributed by atoms with E-state index < -0.39 is 0 Å². The van der Waals surface area contributed by atoms with E-state index in [1.165, 1.54) is 0 Å². The van der Waals surface area contributed by atoms with E-state index in [0.717, 1.165) is 30.8 Å². The summed E-state index contributed by atoms with van der Waals surface area (Å²) in [6, 6.07) is 13.3. The number of carbonyl (C=O) groups is 1. The number of nitrogens with one attached hydrogen (secondary N) is 1. The number of amides is 1. The predicted molar refractivity (Wildman–Crippen MR) is 139 cm³/mol. The summed E-state index contributed by atoms with van der Waals surface area (Å²) >= 11 is 0. The molecule has 2 aromatic rings. The van der Waals surface area contributed by atoms with Gasteiger partial charge in [-0.25, -0.2) is 0 Å². The van der Waals surface area contributed by atoms with Crippen molar-refractivity contribution in [2.45, 2.75) is 39.0 Å². The van der Waals surface area contributed by atoms with Gasteiger partial charge in [-0.3, -0.25) is 4.79 Å². The van der Waals surface area contributed by atoms with Crippen LogP contribution in [0.25, 0.3) is 0 Å². The maximum atomic E-state index is 13.6. The number of rotatable bonds is 14. The van der Waals surface area contributed by atoms with Gasteiger partial charge in [-0.15, -0.1) is 0 Å². The summed E-state index contributed by atoms with van der Waals surface area (Å²) in [6.45, 7) is 7.83. The third-order valence-corrected chi connectivity index (χ3v) is 6.35. The lowest BCUT2D eigenvalue weighted by atomic mass is 10.0. The molecule has 1 aliphatic rings. The highest BCUT2D eigenvalue weighted by Gasteiger charge is 2.32. The van der Waals surface area contributed by atoms with Crippen LogP contribution in [0.1, 0.15) is 36.2 Å². The number of hydrogen-bond acceptors (Lipinski definition) is 7. The summed E-state index contributed by atoms with van der Waals surface area (Å²) in [4.78, 5) is 15.5. The average Bonchev–Trinajstić information content (AvgIpc) is 3.35. The lowest BCUT2D eigenvalue weighted by molar-refractivity contribution is 0.0128. The highest BCUT2D eigenvalue weighted by Crippen LogP contribution is 2.29. The van der Waals surface area contributed by atoms with Crippen LogP contribution in [0.15, 0.2) is 42.5 Å². The molecule has 1 fully saturated rings. The van der Waals surface area contributed by atoms with Crippen LogP contribution in [-0.4, -0.2) is 77.1 Å². The second-order valence-corrected chi connectivity index (χ2v) is 9.23. The molecule has 0 spiro atoms. The van der Waals surface area contributed by atoms with Crippen molar-refractivity contribution < 1.29 is 28.5 Å². The van der Waals surface area contributed by atoms with Gasteiger partial charge in [-0.2, -0.15) is 0 Å². The number of carbonyl (C=O) groups excluding carboxylic acids is 1. The number of ether oxygens (including phenoxy) is 5. The summed E-state index contributed by atoms with van der Waals surface area (Å²) in [5, 5.41) is 3.43.